The van der Waals surface area contributed by atoms with Crippen molar-refractivity contribution >= 4 is 17.5 Å². The van der Waals surface area contributed by atoms with Gasteiger partial charge in [0.1, 0.15) is 17.2 Å². The lowest BCUT2D eigenvalue weighted by atomic mass is 10.2. The smallest absolute Gasteiger partial charge is 0.274 e. The Balaban J connectivity index is 1.80. The molecular formula is C19H21N3O4. The fourth-order valence-electron chi connectivity index (χ4n) is 2.89. The van der Waals surface area contributed by atoms with Gasteiger partial charge in [-0.1, -0.05) is 0 Å². The second-order valence-electron chi connectivity index (χ2n) is 5.95. The average Bonchev–Trinajstić information content (AvgIpc) is 3.22. The Morgan fingerprint density at radius 3 is 2.54 bits per heavy atom. The third-order valence-electron chi connectivity index (χ3n) is 4.29. The molecule has 0 bridgehead atoms. The minimum atomic E-state index is -0.423. The van der Waals surface area contributed by atoms with E-state index in [0.29, 0.717) is 22.7 Å². The number of nitrogens with zero attached hydrogens (tertiary/aromatic N) is 2. The highest BCUT2D eigenvalue weighted by Crippen LogP contribution is 2.29. The van der Waals surface area contributed by atoms with Crippen LogP contribution in [0, 0.1) is 0 Å². The van der Waals surface area contributed by atoms with Crippen molar-refractivity contribution in [3.8, 4) is 11.5 Å². The number of methoxy groups -OCH3 is 2. The highest BCUT2D eigenvalue weighted by atomic mass is 16.5. The summed E-state index contributed by atoms with van der Waals surface area (Å²) in [4.78, 5) is 31.0. The molecule has 0 aliphatic carbocycles. The number of amides is 2. The lowest BCUT2D eigenvalue weighted by Crippen LogP contribution is -2.28. The number of aromatic nitrogens is 1. The Kier molecular flexibility index (Phi) is 5.36. The zero-order chi connectivity index (χ0) is 18.5. The first kappa shape index (κ1) is 17.7. The molecule has 1 N–H and O–H groups in total. The van der Waals surface area contributed by atoms with Crippen molar-refractivity contribution in [1.29, 1.82) is 0 Å². The summed E-state index contributed by atoms with van der Waals surface area (Å²) in [5, 5.41) is 2.76. The Labute approximate surface area is 151 Å². The molecule has 0 saturated carbocycles. The standard InChI is InChI=1S/C19H21N3O4/c1-25-14-5-6-17(26-2)15(12-14)21-18(23)16-11-13(7-8-20-16)19(24)22-9-3-4-10-22/h5-8,11-12H,3-4,9-10H2,1-2H3,(H,21,23). The third kappa shape index (κ3) is 3.77. The minimum Gasteiger partial charge on any atom is -0.497 e. The fourth-order valence-corrected chi connectivity index (χ4v) is 2.89. The Morgan fingerprint density at radius 1 is 1.08 bits per heavy atom. The van der Waals surface area contributed by atoms with Gasteiger partial charge in [-0.3, -0.25) is 14.6 Å². The van der Waals surface area contributed by atoms with E-state index in [0.717, 1.165) is 25.9 Å². The van der Waals surface area contributed by atoms with Gasteiger partial charge in [-0.05, 0) is 37.1 Å². The van der Waals surface area contributed by atoms with Gasteiger partial charge in [0.25, 0.3) is 11.8 Å². The van der Waals surface area contributed by atoms with E-state index < -0.39 is 5.91 Å². The van der Waals surface area contributed by atoms with Crippen LogP contribution < -0.4 is 14.8 Å². The number of hydrogen-bond donors (Lipinski definition) is 1. The van der Waals surface area contributed by atoms with Crippen LogP contribution in [0.1, 0.15) is 33.7 Å². The van der Waals surface area contributed by atoms with Crippen molar-refractivity contribution in [2.24, 2.45) is 0 Å². The summed E-state index contributed by atoms with van der Waals surface area (Å²) >= 11 is 0. The maximum absolute atomic E-state index is 12.6. The highest BCUT2D eigenvalue weighted by Gasteiger charge is 2.21. The van der Waals surface area contributed by atoms with Gasteiger partial charge in [-0.2, -0.15) is 0 Å². The predicted octanol–water partition coefficient (Wildman–Crippen LogP) is 2.59. The number of nitrogens with one attached hydrogen (secondary N) is 1. The molecule has 1 saturated heterocycles. The summed E-state index contributed by atoms with van der Waals surface area (Å²) in [7, 11) is 3.06. The molecule has 7 heteroatoms. The molecule has 7 nitrogen and oxygen atoms in total. The fraction of sp³-hybridized carbons (Fsp3) is 0.316. The summed E-state index contributed by atoms with van der Waals surface area (Å²) in [5.41, 5.74) is 1.10. The van der Waals surface area contributed by atoms with Gasteiger partial charge < -0.3 is 19.7 Å². The maximum atomic E-state index is 12.6. The molecular weight excluding hydrogens is 334 g/mol. The molecule has 1 aliphatic rings. The minimum absolute atomic E-state index is 0.0714. The number of anilines is 1. The molecule has 3 rings (SSSR count). The van der Waals surface area contributed by atoms with Crippen LogP contribution in [0.15, 0.2) is 36.5 Å². The van der Waals surface area contributed by atoms with Gasteiger partial charge in [0, 0.05) is 30.9 Å². The Hall–Kier alpha value is -3.09. The molecule has 0 atom stereocenters. The number of benzene rings is 1. The molecule has 136 valence electrons. The van der Waals surface area contributed by atoms with Crippen molar-refractivity contribution in [3.63, 3.8) is 0 Å². The summed E-state index contributed by atoms with van der Waals surface area (Å²) in [6.45, 7) is 1.51. The average molecular weight is 355 g/mol. The van der Waals surface area contributed by atoms with Crippen LogP contribution in [0.25, 0.3) is 0 Å². The van der Waals surface area contributed by atoms with E-state index in [1.165, 1.54) is 19.4 Å². The second-order valence-corrected chi connectivity index (χ2v) is 5.95. The van der Waals surface area contributed by atoms with Crippen molar-refractivity contribution in [2.75, 3.05) is 32.6 Å². The quantitative estimate of drug-likeness (QED) is 0.892. The van der Waals surface area contributed by atoms with E-state index in [4.69, 9.17) is 9.47 Å². The topological polar surface area (TPSA) is 80.8 Å². The number of carbonyl (C=O) groups excluding carboxylic acids is 2. The first-order valence-corrected chi connectivity index (χ1v) is 8.41. The summed E-state index contributed by atoms with van der Waals surface area (Å²) in [6, 6.07) is 8.25. The molecule has 2 amide bonds. The largest absolute Gasteiger partial charge is 0.497 e. The van der Waals surface area contributed by atoms with E-state index in [1.807, 2.05) is 0 Å². The van der Waals surface area contributed by atoms with Crippen molar-refractivity contribution in [3.05, 3.63) is 47.8 Å². The van der Waals surface area contributed by atoms with Gasteiger partial charge >= 0.3 is 0 Å². The normalized spacial score (nSPS) is 13.4. The molecule has 0 radical (unpaired) electrons. The van der Waals surface area contributed by atoms with Crippen LogP contribution >= 0.6 is 0 Å². The Morgan fingerprint density at radius 2 is 1.85 bits per heavy atom. The number of likely N-dealkylation sites (tertiary alicyclic amines) is 1. The SMILES string of the molecule is COc1ccc(OC)c(NC(=O)c2cc(C(=O)N3CCCC3)ccn2)c1. The van der Waals surface area contributed by atoms with Crippen LogP contribution in [-0.4, -0.2) is 49.0 Å². The lowest BCUT2D eigenvalue weighted by molar-refractivity contribution is 0.0792. The number of carbonyl (C=O) groups is 2. The first-order valence-electron chi connectivity index (χ1n) is 8.41. The maximum Gasteiger partial charge on any atom is 0.274 e. The number of ether oxygens (including phenoxy) is 2. The third-order valence-corrected chi connectivity index (χ3v) is 4.29. The van der Waals surface area contributed by atoms with E-state index in [-0.39, 0.29) is 11.6 Å². The van der Waals surface area contributed by atoms with Crippen molar-refractivity contribution < 1.29 is 19.1 Å². The van der Waals surface area contributed by atoms with E-state index in [2.05, 4.69) is 10.3 Å². The van der Waals surface area contributed by atoms with Gasteiger partial charge in [0.15, 0.2) is 0 Å². The van der Waals surface area contributed by atoms with Gasteiger partial charge in [0.05, 0.1) is 19.9 Å². The molecule has 2 heterocycles. The highest BCUT2D eigenvalue weighted by molar-refractivity contribution is 6.05. The van der Waals surface area contributed by atoms with Gasteiger partial charge in [-0.25, -0.2) is 0 Å². The van der Waals surface area contributed by atoms with E-state index in [9.17, 15) is 9.59 Å². The molecule has 0 spiro atoms. The monoisotopic (exact) mass is 355 g/mol. The lowest BCUT2D eigenvalue weighted by Gasteiger charge is -2.15. The summed E-state index contributed by atoms with van der Waals surface area (Å²) < 4.78 is 10.4. The molecule has 1 aliphatic heterocycles. The number of rotatable bonds is 5. The Bertz CT molecular complexity index is 816. The van der Waals surface area contributed by atoms with Gasteiger partial charge in [-0.15, -0.1) is 0 Å². The van der Waals surface area contributed by atoms with E-state index in [1.54, 1.807) is 36.3 Å². The number of pyridine rings is 1. The van der Waals surface area contributed by atoms with Crippen molar-refractivity contribution in [2.45, 2.75) is 12.8 Å². The molecule has 1 aromatic carbocycles. The number of hydrogen-bond acceptors (Lipinski definition) is 5. The molecule has 0 unspecified atom stereocenters. The van der Waals surface area contributed by atoms with Gasteiger partial charge in [0.2, 0.25) is 0 Å². The van der Waals surface area contributed by atoms with Crippen LogP contribution in [0.5, 0.6) is 11.5 Å². The predicted molar refractivity (Wildman–Crippen MR) is 96.9 cm³/mol. The molecule has 2 aromatic rings. The zero-order valence-electron chi connectivity index (χ0n) is 14.8. The summed E-state index contributed by atoms with van der Waals surface area (Å²) in [6.07, 6.45) is 3.50. The van der Waals surface area contributed by atoms with Crippen LogP contribution in [0.4, 0.5) is 5.69 Å². The van der Waals surface area contributed by atoms with E-state index >= 15 is 0 Å². The molecule has 26 heavy (non-hydrogen) atoms. The van der Waals surface area contributed by atoms with Crippen LogP contribution in [-0.2, 0) is 0 Å². The van der Waals surface area contributed by atoms with Crippen LogP contribution in [0.3, 0.4) is 0 Å². The summed E-state index contributed by atoms with van der Waals surface area (Å²) in [5.74, 6) is 0.598. The molecule has 1 aromatic heterocycles. The molecule has 1 fully saturated rings. The second kappa shape index (κ2) is 7.86. The zero-order valence-corrected chi connectivity index (χ0v) is 14.8. The van der Waals surface area contributed by atoms with Crippen LogP contribution in [0.2, 0.25) is 0 Å². The first-order chi connectivity index (χ1) is 12.6. The van der Waals surface area contributed by atoms with Crippen molar-refractivity contribution in [1.82, 2.24) is 9.88 Å².